The Balaban J connectivity index is 3.40. The van der Waals surface area contributed by atoms with E-state index in [9.17, 15) is 18.0 Å². The maximum absolute atomic E-state index is 11.1. The molecule has 0 unspecified atom stereocenters. The van der Waals surface area contributed by atoms with Gasteiger partial charge in [-0.1, -0.05) is 12.8 Å². The van der Waals surface area contributed by atoms with Gasteiger partial charge in [0.15, 0.2) is 9.84 Å². The van der Waals surface area contributed by atoms with Crippen LogP contribution in [0.5, 0.6) is 0 Å². The van der Waals surface area contributed by atoms with Crippen LogP contribution in [0.4, 0.5) is 0 Å². The minimum Gasteiger partial charge on any atom is -0.481 e. The Labute approximate surface area is 101 Å². The molecule has 0 aliphatic rings. The van der Waals surface area contributed by atoms with Crippen molar-refractivity contribution in [2.75, 3.05) is 18.6 Å². The predicted molar refractivity (Wildman–Crippen MR) is 63.4 cm³/mol. The van der Waals surface area contributed by atoms with Crippen LogP contribution in [0.25, 0.3) is 0 Å². The van der Waals surface area contributed by atoms with Crippen LogP contribution in [0.1, 0.15) is 32.1 Å². The van der Waals surface area contributed by atoms with Gasteiger partial charge in [0.25, 0.3) is 0 Å². The molecular weight excluding hydrogens is 246 g/mol. The third kappa shape index (κ3) is 12.8. The van der Waals surface area contributed by atoms with Crippen molar-refractivity contribution < 1.29 is 23.1 Å². The largest absolute Gasteiger partial charge is 0.481 e. The van der Waals surface area contributed by atoms with Crippen molar-refractivity contribution in [3.8, 4) is 0 Å². The zero-order valence-corrected chi connectivity index (χ0v) is 10.8. The smallest absolute Gasteiger partial charge is 0.303 e. The minimum atomic E-state index is -3.26. The number of carboxylic acid groups (broad SMARTS) is 1. The van der Waals surface area contributed by atoms with Gasteiger partial charge < -0.3 is 10.4 Å². The molecule has 0 fully saturated rings. The molecule has 0 saturated carbocycles. The number of sulfone groups is 1. The molecule has 17 heavy (non-hydrogen) atoms. The third-order valence-electron chi connectivity index (χ3n) is 2.03. The van der Waals surface area contributed by atoms with Gasteiger partial charge in [0, 0.05) is 19.2 Å². The van der Waals surface area contributed by atoms with Gasteiger partial charge in [-0.25, -0.2) is 8.42 Å². The number of amides is 1. The van der Waals surface area contributed by atoms with Gasteiger partial charge in [-0.2, -0.15) is 0 Å². The Morgan fingerprint density at radius 2 is 1.71 bits per heavy atom. The first-order valence-corrected chi connectivity index (χ1v) is 7.53. The van der Waals surface area contributed by atoms with Gasteiger partial charge in [0.1, 0.15) is 5.75 Å². The second kappa shape index (κ2) is 8.05. The molecule has 0 aliphatic heterocycles. The highest BCUT2D eigenvalue weighted by molar-refractivity contribution is 7.91. The third-order valence-corrected chi connectivity index (χ3v) is 2.82. The van der Waals surface area contributed by atoms with E-state index in [2.05, 4.69) is 5.32 Å². The zero-order chi connectivity index (χ0) is 13.3. The summed E-state index contributed by atoms with van der Waals surface area (Å²) in [5.41, 5.74) is 0. The Bertz CT molecular complexity index is 350. The van der Waals surface area contributed by atoms with E-state index in [-0.39, 0.29) is 6.42 Å². The number of rotatable bonds is 9. The maximum Gasteiger partial charge on any atom is 0.303 e. The number of carbonyl (C=O) groups is 2. The van der Waals surface area contributed by atoms with Crippen molar-refractivity contribution >= 4 is 21.7 Å². The molecule has 0 rings (SSSR count). The highest BCUT2D eigenvalue weighted by Gasteiger charge is 2.09. The van der Waals surface area contributed by atoms with Crippen molar-refractivity contribution in [2.24, 2.45) is 0 Å². The summed E-state index contributed by atoms with van der Waals surface area (Å²) < 4.78 is 21.5. The van der Waals surface area contributed by atoms with Crippen molar-refractivity contribution in [1.82, 2.24) is 5.32 Å². The quantitative estimate of drug-likeness (QED) is 0.579. The van der Waals surface area contributed by atoms with Crippen molar-refractivity contribution in [1.29, 1.82) is 0 Å². The van der Waals surface area contributed by atoms with Crippen molar-refractivity contribution in [3.63, 3.8) is 0 Å². The number of nitrogens with one attached hydrogen (secondary N) is 1. The van der Waals surface area contributed by atoms with Gasteiger partial charge >= 0.3 is 5.97 Å². The molecule has 0 radical (unpaired) electrons. The van der Waals surface area contributed by atoms with Crippen LogP contribution in [0.2, 0.25) is 0 Å². The van der Waals surface area contributed by atoms with E-state index in [0.29, 0.717) is 13.0 Å². The molecule has 7 heteroatoms. The molecule has 100 valence electrons. The topological polar surface area (TPSA) is 101 Å². The van der Waals surface area contributed by atoms with Crippen LogP contribution in [0.15, 0.2) is 0 Å². The lowest BCUT2D eigenvalue weighted by Gasteiger charge is -2.03. The highest BCUT2D eigenvalue weighted by atomic mass is 32.2. The second-order valence-corrected chi connectivity index (χ2v) is 6.12. The first-order chi connectivity index (χ1) is 7.81. The normalized spacial score (nSPS) is 11.1. The summed E-state index contributed by atoms with van der Waals surface area (Å²) in [7, 11) is -3.26. The van der Waals surface area contributed by atoms with Crippen LogP contribution in [0, 0.1) is 0 Å². The van der Waals surface area contributed by atoms with Gasteiger partial charge in [-0.3, -0.25) is 9.59 Å². The zero-order valence-electron chi connectivity index (χ0n) is 9.94. The number of unbranched alkanes of at least 4 members (excludes halogenated alkanes) is 3. The van der Waals surface area contributed by atoms with Crippen LogP contribution >= 0.6 is 0 Å². The van der Waals surface area contributed by atoms with Crippen LogP contribution in [0.3, 0.4) is 0 Å². The molecule has 0 atom stereocenters. The monoisotopic (exact) mass is 265 g/mol. The van der Waals surface area contributed by atoms with Gasteiger partial charge in [-0.15, -0.1) is 0 Å². The molecule has 0 saturated heterocycles. The van der Waals surface area contributed by atoms with Crippen LogP contribution < -0.4 is 5.32 Å². The Morgan fingerprint density at radius 3 is 2.24 bits per heavy atom. The molecule has 0 spiro atoms. The fraction of sp³-hybridized carbons (Fsp3) is 0.800. The number of hydrogen-bond acceptors (Lipinski definition) is 4. The van der Waals surface area contributed by atoms with E-state index in [1.807, 2.05) is 0 Å². The molecular formula is C10H19NO5S. The standard InChI is InChI=1S/C10H19NO5S/c1-17(15,16)8-9(12)11-7-5-3-2-4-6-10(13)14/h2-8H2,1H3,(H,11,12)(H,13,14). The molecule has 1 amide bonds. The number of aliphatic carboxylic acids is 1. The lowest BCUT2D eigenvalue weighted by atomic mass is 10.1. The molecule has 0 aromatic heterocycles. The van der Waals surface area contributed by atoms with Crippen LogP contribution in [-0.2, 0) is 19.4 Å². The van der Waals surface area contributed by atoms with E-state index in [1.165, 1.54) is 0 Å². The Hall–Kier alpha value is -1.11. The lowest BCUT2D eigenvalue weighted by Crippen LogP contribution is -2.30. The molecule has 2 N–H and O–H groups in total. The van der Waals surface area contributed by atoms with E-state index in [4.69, 9.17) is 5.11 Å². The molecule has 0 bridgehead atoms. The summed E-state index contributed by atoms with van der Waals surface area (Å²) in [4.78, 5) is 21.3. The fourth-order valence-corrected chi connectivity index (χ4v) is 1.85. The Kier molecular flexibility index (Phi) is 7.53. The number of carboxylic acids is 1. The SMILES string of the molecule is CS(=O)(=O)CC(=O)NCCCCCCC(=O)O. The molecule has 0 heterocycles. The van der Waals surface area contributed by atoms with Gasteiger partial charge in [-0.05, 0) is 12.8 Å². The number of hydrogen-bond donors (Lipinski definition) is 2. The summed E-state index contributed by atoms with van der Waals surface area (Å²) >= 11 is 0. The fourth-order valence-electron chi connectivity index (χ4n) is 1.27. The average Bonchev–Trinajstić information content (AvgIpc) is 2.12. The molecule has 0 aromatic rings. The van der Waals surface area contributed by atoms with Gasteiger partial charge in [0.2, 0.25) is 5.91 Å². The van der Waals surface area contributed by atoms with E-state index < -0.39 is 27.5 Å². The second-order valence-electron chi connectivity index (χ2n) is 3.98. The molecule has 0 aromatic carbocycles. The van der Waals surface area contributed by atoms with E-state index >= 15 is 0 Å². The molecule has 0 aliphatic carbocycles. The van der Waals surface area contributed by atoms with E-state index in [0.717, 1.165) is 25.5 Å². The summed E-state index contributed by atoms with van der Waals surface area (Å²) in [6.45, 7) is 0.432. The first kappa shape index (κ1) is 15.9. The summed E-state index contributed by atoms with van der Waals surface area (Å²) in [5.74, 6) is -1.77. The Morgan fingerprint density at radius 1 is 1.12 bits per heavy atom. The summed E-state index contributed by atoms with van der Waals surface area (Å²) in [5, 5.41) is 10.9. The molecule has 6 nitrogen and oxygen atoms in total. The summed E-state index contributed by atoms with van der Waals surface area (Å²) in [6.07, 6.45) is 4.17. The number of carbonyl (C=O) groups excluding carboxylic acids is 1. The van der Waals surface area contributed by atoms with E-state index in [1.54, 1.807) is 0 Å². The summed E-state index contributed by atoms with van der Waals surface area (Å²) in [6, 6.07) is 0. The first-order valence-electron chi connectivity index (χ1n) is 5.47. The predicted octanol–water partition coefficient (Wildman–Crippen LogP) is 0.182. The lowest BCUT2D eigenvalue weighted by molar-refractivity contribution is -0.137. The average molecular weight is 265 g/mol. The van der Waals surface area contributed by atoms with Gasteiger partial charge in [0.05, 0.1) is 0 Å². The van der Waals surface area contributed by atoms with Crippen molar-refractivity contribution in [3.05, 3.63) is 0 Å². The minimum absolute atomic E-state index is 0.167. The van der Waals surface area contributed by atoms with Crippen LogP contribution in [-0.4, -0.2) is 44.0 Å². The van der Waals surface area contributed by atoms with Crippen molar-refractivity contribution in [2.45, 2.75) is 32.1 Å². The highest BCUT2D eigenvalue weighted by Crippen LogP contribution is 2.02. The maximum atomic E-state index is 11.1.